The van der Waals surface area contributed by atoms with E-state index < -0.39 is 10.8 Å². The minimum atomic E-state index is -1.41. The Morgan fingerprint density at radius 2 is 1.85 bits per heavy atom. The second-order valence-electron chi connectivity index (χ2n) is 7.59. The van der Waals surface area contributed by atoms with Crippen LogP contribution in [-0.4, -0.2) is 54.7 Å². The van der Waals surface area contributed by atoms with Crippen molar-refractivity contribution in [1.82, 2.24) is 10.3 Å². The molecule has 1 atom stereocenters. The summed E-state index contributed by atoms with van der Waals surface area (Å²) in [6.45, 7) is 5.83. The van der Waals surface area contributed by atoms with E-state index in [1.165, 1.54) is 0 Å². The minimum Gasteiger partial charge on any atom is -0.493 e. The third-order valence-electron chi connectivity index (χ3n) is 5.32. The molecular formula is C25H31N3O5S. The molecule has 3 aromatic rings. The maximum atomic E-state index is 12.6. The molecule has 8 nitrogen and oxygen atoms in total. The van der Waals surface area contributed by atoms with Crippen molar-refractivity contribution in [2.75, 3.05) is 44.5 Å². The van der Waals surface area contributed by atoms with E-state index in [0.717, 1.165) is 17.8 Å². The van der Waals surface area contributed by atoms with Crippen LogP contribution in [0.3, 0.4) is 0 Å². The second-order valence-corrected chi connectivity index (χ2v) is 9.04. The molecule has 0 spiro atoms. The molecule has 0 unspecified atom stereocenters. The highest BCUT2D eigenvalue weighted by Crippen LogP contribution is 2.32. The van der Waals surface area contributed by atoms with Gasteiger partial charge in [-0.25, -0.2) is 4.98 Å². The number of nitrogens with one attached hydrogen (secondary N) is 1. The Hall–Kier alpha value is -3.33. The number of aryl methyl sites for hydroxylation is 1. The van der Waals surface area contributed by atoms with Gasteiger partial charge in [-0.3, -0.25) is 9.00 Å². The standard InChI is InChI=1S/C25H31N3O5S/c1-5-28(20-9-7-6-8-10-20)14-13-26-24(29)17-34(30)16-21-18(2)33-25(27-21)19-11-12-22(31-3)23(15-19)32-4/h6-12,15H,5,13-14,16-17H2,1-4H3,(H,26,29)/t34-/m1/s1. The predicted molar refractivity (Wildman–Crippen MR) is 134 cm³/mol. The summed E-state index contributed by atoms with van der Waals surface area (Å²) >= 11 is 0. The van der Waals surface area contributed by atoms with Crippen LogP contribution < -0.4 is 19.7 Å². The van der Waals surface area contributed by atoms with Gasteiger partial charge < -0.3 is 24.1 Å². The first-order chi connectivity index (χ1) is 16.4. The van der Waals surface area contributed by atoms with Crippen LogP contribution >= 0.6 is 0 Å². The Morgan fingerprint density at radius 1 is 1.12 bits per heavy atom. The fourth-order valence-corrected chi connectivity index (χ4v) is 4.56. The Kier molecular flexibility index (Phi) is 9.09. The van der Waals surface area contributed by atoms with Crippen LogP contribution in [0, 0.1) is 6.92 Å². The summed E-state index contributed by atoms with van der Waals surface area (Å²) in [5.74, 6) is 1.94. The van der Waals surface area contributed by atoms with E-state index in [0.29, 0.717) is 41.9 Å². The lowest BCUT2D eigenvalue weighted by molar-refractivity contribution is -0.118. The number of amides is 1. The van der Waals surface area contributed by atoms with E-state index in [1.54, 1.807) is 33.3 Å². The number of hydrogen-bond acceptors (Lipinski definition) is 7. The Morgan fingerprint density at radius 3 is 2.53 bits per heavy atom. The van der Waals surface area contributed by atoms with Crippen LogP contribution in [0.15, 0.2) is 52.9 Å². The predicted octanol–water partition coefficient (Wildman–Crippen LogP) is 3.56. The van der Waals surface area contributed by atoms with E-state index in [9.17, 15) is 9.00 Å². The van der Waals surface area contributed by atoms with Crippen molar-refractivity contribution in [3.63, 3.8) is 0 Å². The molecule has 0 bridgehead atoms. The highest BCUT2D eigenvalue weighted by molar-refractivity contribution is 7.84. The largest absolute Gasteiger partial charge is 0.493 e. The smallest absolute Gasteiger partial charge is 0.232 e. The molecule has 34 heavy (non-hydrogen) atoms. The van der Waals surface area contributed by atoms with Crippen molar-refractivity contribution in [1.29, 1.82) is 0 Å². The molecule has 0 aliphatic rings. The van der Waals surface area contributed by atoms with Gasteiger partial charge in [-0.05, 0) is 44.2 Å². The topological polar surface area (TPSA) is 93.9 Å². The minimum absolute atomic E-state index is 0.0878. The van der Waals surface area contributed by atoms with Crippen molar-refractivity contribution in [2.45, 2.75) is 19.6 Å². The molecule has 1 N–H and O–H groups in total. The first kappa shape index (κ1) is 25.3. The molecule has 1 heterocycles. The molecule has 182 valence electrons. The Labute approximate surface area is 202 Å². The van der Waals surface area contributed by atoms with E-state index >= 15 is 0 Å². The van der Waals surface area contributed by atoms with Crippen molar-refractivity contribution < 1.29 is 22.9 Å². The number of hydrogen-bond donors (Lipinski definition) is 1. The summed E-state index contributed by atoms with van der Waals surface area (Å²) in [5.41, 5.74) is 2.39. The number of methoxy groups -OCH3 is 2. The average Bonchev–Trinajstić information content (AvgIpc) is 3.21. The molecule has 3 rings (SSSR count). The number of ether oxygens (including phenoxy) is 2. The van der Waals surface area contributed by atoms with Gasteiger partial charge in [0, 0.05) is 41.7 Å². The number of carbonyl (C=O) groups excluding carboxylic acids is 1. The summed E-state index contributed by atoms with van der Waals surface area (Å²) in [4.78, 5) is 19.0. The van der Waals surface area contributed by atoms with E-state index in [2.05, 4.69) is 22.1 Å². The second kappa shape index (κ2) is 12.2. The van der Waals surface area contributed by atoms with Crippen molar-refractivity contribution in [3.8, 4) is 23.0 Å². The summed E-state index contributed by atoms with van der Waals surface area (Å²) in [7, 11) is 1.72. The molecule has 9 heteroatoms. The number of carbonyl (C=O) groups is 1. The normalized spacial score (nSPS) is 11.6. The monoisotopic (exact) mass is 485 g/mol. The van der Waals surface area contributed by atoms with Crippen LogP contribution in [0.1, 0.15) is 18.4 Å². The quantitative estimate of drug-likeness (QED) is 0.419. The lowest BCUT2D eigenvalue weighted by Crippen LogP contribution is -2.36. The third-order valence-corrected chi connectivity index (χ3v) is 6.50. The molecule has 0 saturated carbocycles. The maximum Gasteiger partial charge on any atom is 0.232 e. The van der Waals surface area contributed by atoms with Crippen LogP contribution in [-0.2, 0) is 21.3 Å². The highest BCUT2D eigenvalue weighted by Gasteiger charge is 2.17. The first-order valence-electron chi connectivity index (χ1n) is 11.1. The van der Waals surface area contributed by atoms with Crippen LogP contribution in [0.5, 0.6) is 11.5 Å². The molecule has 0 saturated heterocycles. The van der Waals surface area contributed by atoms with Gasteiger partial charge in [0.15, 0.2) is 11.5 Å². The molecular weight excluding hydrogens is 454 g/mol. The molecule has 0 aliphatic heterocycles. The molecule has 0 fully saturated rings. The van der Waals surface area contributed by atoms with Gasteiger partial charge in [0.1, 0.15) is 11.5 Å². The average molecular weight is 486 g/mol. The summed E-state index contributed by atoms with van der Waals surface area (Å²) < 4.78 is 29.0. The molecule has 1 amide bonds. The van der Waals surface area contributed by atoms with Gasteiger partial charge in [0.2, 0.25) is 11.8 Å². The van der Waals surface area contributed by atoms with E-state index in [1.807, 2.05) is 36.4 Å². The number of likely N-dealkylation sites (N-methyl/N-ethyl adjacent to an activating group) is 1. The fourth-order valence-electron chi connectivity index (χ4n) is 3.49. The molecule has 0 aliphatic carbocycles. The number of oxazole rings is 1. The number of aromatic nitrogens is 1. The number of benzene rings is 2. The molecule has 2 aromatic carbocycles. The van der Waals surface area contributed by atoms with Gasteiger partial charge in [0.25, 0.3) is 0 Å². The van der Waals surface area contributed by atoms with E-state index in [-0.39, 0.29) is 17.4 Å². The lowest BCUT2D eigenvalue weighted by Gasteiger charge is -2.23. The van der Waals surface area contributed by atoms with Gasteiger partial charge in [-0.15, -0.1) is 0 Å². The van der Waals surface area contributed by atoms with Crippen molar-refractivity contribution >= 4 is 22.4 Å². The van der Waals surface area contributed by atoms with Gasteiger partial charge in [-0.1, -0.05) is 18.2 Å². The van der Waals surface area contributed by atoms with Gasteiger partial charge in [-0.2, -0.15) is 0 Å². The lowest BCUT2D eigenvalue weighted by atomic mass is 10.2. The Balaban J connectivity index is 1.53. The molecule has 1 aromatic heterocycles. The zero-order chi connectivity index (χ0) is 24.5. The van der Waals surface area contributed by atoms with Crippen LogP contribution in [0.25, 0.3) is 11.5 Å². The Bertz CT molecular complexity index is 1120. The third kappa shape index (κ3) is 6.60. The van der Waals surface area contributed by atoms with Crippen LogP contribution in [0.4, 0.5) is 5.69 Å². The van der Waals surface area contributed by atoms with Crippen molar-refractivity contribution in [2.24, 2.45) is 0 Å². The summed E-state index contributed by atoms with van der Waals surface area (Å²) in [5, 5.41) is 2.86. The summed E-state index contributed by atoms with van der Waals surface area (Å²) in [6.07, 6.45) is 0. The maximum absolute atomic E-state index is 12.6. The number of anilines is 1. The molecule has 0 radical (unpaired) electrons. The van der Waals surface area contributed by atoms with E-state index in [4.69, 9.17) is 13.9 Å². The van der Waals surface area contributed by atoms with Gasteiger partial charge >= 0.3 is 0 Å². The summed E-state index contributed by atoms with van der Waals surface area (Å²) in [6, 6.07) is 15.4. The van der Waals surface area contributed by atoms with Crippen molar-refractivity contribution in [3.05, 3.63) is 60.0 Å². The van der Waals surface area contributed by atoms with Crippen LogP contribution in [0.2, 0.25) is 0 Å². The highest BCUT2D eigenvalue weighted by atomic mass is 32.2. The SMILES string of the molecule is CCN(CCNC(=O)C[S@](=O)Cc1nc(-c2ccc(OC)c(OC)c2)oc1C)c1ccccc1. The van der Waals surface area contributed by atoms with Gasteiger partial charge in [0.05, 0.1) is 25.7 Å². The fraction of sp³-hybridized carbons (Fsp3) is 0.360. The first-order valence-corrected chi connectivity index (χ1v) is 12.5. The zero-order valence-corrected chi connectivity index (χ0v) is 20.8. The number of rotatable bonds is 12. The number of para-hydroxylation sites is 1. The number of nitrogens with zero attached hydrogens (tertiary/aromatic N) is 2. The zero-order valence-electron chi connectivity index (χ0n) is 20.0.